The SMILES string of the molecule is C/C(=C(/C)S(N)(=O)=O)c1ncc(C2CC2)cn1. The molecule has 2 rings (SSSR count). The fraction of sp³-hybridized carbons (Fsp3) is 0.455. The summed E-state index contributed by atoms with van der Waals surface area (Å²) < 4.78 is 22.4. The minimum Gasteiger partial charge on any atom is -0.237 e. The largest absolute Gasteiger partial charge is 0.237 e. The number of hydrogen-bond acceptors (Lipinski definition) is 4. The Bertz CT molecular complexity index is 557. The Kier molecular flexibility index (Phi) is 3.01. The summed E-state index contributed by atoms with van der Waals surface area (Å²) >= 11 is 0. The zero-order valence-corrected chi connectivity index (χ0v) is 10.7. The number of hydrogen-bond donors (Lipinski definition) is 1. The van der Waals surface area contributed by atoms with E-state index < -0.39 is 10.0 Å². The summed E-state index contributed by atoms with van der Waals surface area (Å²) in [6, 6.07) is 0. The summed E-state index contributed by atoms with van der Waals surface area (Å²) in [6.45, 7) is 3.12. The van der Waals surface area contributed by atoms with Crippen molar-refractivity contribution in [1.82, 2.24) is 9.97 Å². The quantitative estimate of drug-likeness (QED) is 0.882. The average Bonchev–Trinajstić information content (AvgIpc) is 3.10. The standard InChI is InChI=1S/C11H15N3O2S/c1-7(8(2)17(12,15)16)11-13-5-10(6-14-11)9-3-4-9/h5-6,9H,3-4H2,1-2H3,(H2,12,15,16)/b8-7+. The average molecular weight is 253 g/mol. The number of allylic oxidation sites excluding steroid dienone is 2. The lowest BCUT2D eigenvalue weighted by molar-refractivity contribution is 0.603. The second kappa shape index (κ2) is 4.19. The predicted molar refractivity (Wildman–Crippen MR) is 65.4 cm³/mol. The summed E-state index contributed by atoms with van der Waals surface area (Å²) in [5, 5.41) is 5.06. The number of nitrogens with zero attached hydrogens (tertiary/aromatic N) is 2. The minimum atomic E-state index is -3.66. The number of nitrogens with two attached hydrogens (primary N) is 1. The van der Waals surface area contributed by atoms with Crippen molar-refractivity contribution in [2.45, 2.75) is 32.6 Å². The molecule has 0 radical (unpaired) electrons. The number of sulfonamides is 1. The van der Waals surface area contributed by atoms with E-state index in [2.05, 4.69) is 9.97 Å². The highest BCUT2D eigenvalue weighted by Gasteiger charge is 2.24. The fourth-order valence-corrected chi connectivity index (χ4v) is 2.05. The van der Waals surface area contributed by atoms with E-state index in [0.717, 1.165) is 5.56 Å². The molecule has 17 heavy (non-hydrogen) atoms. The Morgan fingerprint density at radius 1 is 1.29 bits per heavy atom. The van der Waals surface area contributed by atoms with Gasteiger partial charge in [-0.05, 0) is 38.2 Å². The van der Waals surface area contributed by atoms with Gasteiger partial charge in [-0.25, -0.2) is 23.5 Å². The summed E-state index contributed by atoms with van der Waals surface area (Å²) in [5.41, 5.74) is 1.62. The Hall–Kier alpha value is -1.27. The summed E-state index contributed by atoms with van der Waals surface area (Å²) in [6.07, 6.45) is 5.90. The third-order valence-electron chi connectivity index (χ3n) is 3.01. The molecule has 0 amide bonds. The minimum absolute atomic E-state index is 0.108. The zero-order valence-electron chi connectivity index (χ0n) is 9.84. The first kappa shape index (κ1) is 12.2. The molecule has 0 unspecified atom stereocenters. The van der Waals surface area contributed by atoms with Crippen LogP contribution in [0.4, 0.5) is 0 Å². The fourth-order valence-electron chi connectivity index (χ4n) is 1.53. The lowest BCUT2D eigenvalue weighted by atomic mass is 10.2. The zero-order chi connectivity index (χ0) is 12.6. The van der Waals surface area contributed by atoms with Crippen molar-refractivity contribution >= 4 is 15.6 Å². The van der Waals surface area contributed by atoms with Crippen LogP contribution in [0.1, 0.15) is 44.0 Å². The summed E-state index contributed by atoms with van der Waals surface area (Å²) in [5.74, 6) is 1.01. The first-order valence-electron chi connectivity index (χ1n) is 5.42. The van der Waals surface area contributed by atoms with Crippen LogP contribution < -0.4 is 5.14 Å². The van der Waals surface area contributed by atoms with Crippen molar-refractivity contribution in [2.24, 2.45) is 5.14 Å². The van der Waals surface area contributed by atoms with Gasteiger partial charge in [0.1, 0.15) is 0 Å². The molecule has 1 aromatic rings. The molecule has 0 aliphatic heterocycles. The van der Waals surface area contributed by atoms with Gasteiger partial charge >= 0.3 is 0 Å². The van der Waals surface area contributed by atoms with Gasteiger partial charge in [0, 0.05) is 18.0 Å². The molecule has 0 aromatic carbocycles. The Morgan fingerprint density at radius 2 is 1.82 bits per heavy atom. The van der Waals surface area contributed by atoms with E-state index in [4.69, 9.17) is 5.14 Å². The highest BCUT2D eigenvalue weighted by Crippen LogP contribution is 2.39. The first-order valence-corrected chi connectivity index (χ1v) is 6.97. The maximum absolute atomic E-state index is 11.2. The predicted octanol–water partition coefficient (Wildman–Crippen LogP) is 1.39. The molecule has 6 heteroatoms. The molecule has 0 atom stereocenters. The van der Waals surface area contributed by atoms with Gasteiger partial charge in [-0.3, -0.25) is 0 Å². The second-order valence-corrected chi connectivity index (χ2v) is 6.04. The smallest absolute Gasteiger partial charge is 0.234 e. The van der Waals surface area contributed by atoms with E-state index in [1.807, 2.05) is 0 Å². The monoisotopic (exact) mass is 253 g/mol. The van der Waals surface area contributed by atoms with Crippen LogP contribution >= 0.6 is 0 Å². The Balaban J connectivity index is 2.34. The molecule has 1 aliphatic carbocycles. The van der Waals surface area contributed by atoms with Gasteiger partial charge in [0.15, 0.2) is 5.82 Å². The number of primary sulfonamides is 1. The van der Waals surface area contributed by atoms with E-state index >= 15 is 0 Å². The van der Waals surface area contributed by atoms with Crippen LogP contribution in [0.5, 0.6) is 0 Å². The summed E-state index contributed by atoms with van der Waals surface area (Å²) in [4.78, 5) is 8.48. The van der Waals surface area contributed by atoms with Gasteiger partial charge in [-0.2, -0.15) is 0 Å². The van der Waals surface area contributed by atoms with E-state index in [1.54, 1.807) is 19.3 Å². The molecule has 0 saturated heterocycles. The third-order valence-corrected chi connectivity index (χ3v) is 4.17. The van der Waals surface area contributed by atoms with Crippen molar-refractivity contribution in [3.05, 3.63) is 28.7 Å². The Labute approximate surface area is 101 Å². The van der Waals surface area contributed by atoms with Gasteiger partial charge in [0.05, 0.1) is 4.91 Å². The van der Waals surface area contributed by atoms with Crippen molar-refractivity contribution < 1.29 is 8.42 Å². The van der Waals surface area contributed by atoms with E-state index in [9.17, 15) is 8.42 Å². The van der Waals surface area contributed by atoms with Crippen molar-refractivity contribution in [1.29, 1.82) is 0 Å². The van der Waals surface area contributed by atoms with Gasteiger partial charge in [0.2, 0.25) is 10.0 Å². The van der Waals surface area contributed by atoms with Gasteiger partial charge in [-0.15, -0.1) is 0 Å². The second-order valence-electron chi connectivity index (χ2n) is 4.34. The molecule has 0 spiro atoms. The van der Waals surface area contributed by atoms with Crippen molar-refractivity contribution in [2.75, 3.05) is 0 Å². The van der Waals surface area contributed by atoms with Crippen molar-refractivity contribution in [3.8, 4) is 0 Å². The van der Waals surface area contributed by atoms with Crippen LogP contribution in [0.3, 0.4) is 0 Å². The molecule has 0 bridgehead atoms. The van der Waals surface area contributed by atoms with E-state index in [-0.39, 0.29) is 4.91 Å². The maximum Gasteiger partial charge on any atom is 0.234 e. The van der Waals surface area contributed by atoms with Crippen LogP contribution in [0, 0.1) is 0 Å². The maximum atomic E-state index is 11.2. The molecule has 5 nitrogen and oxygen atoms in total. The molecule has 1 saturated carbocycles. The molecule has 1 aliphatic rings. The topological polar surface area (TPSA) is 85.9 Å². The van der Waals surface area contributed by atoms with E-state index in [1.165, 1.54) is 19.8 Å². The van der Waals surface area contributed by atoms with Gasteiger partial charge in [-0.1, -0.05) is 0 Å². The molecule has 1 heterocycles. The van der Waals surface area contributed by atoms with Gasteiger partial charge in [0.25, 0.3) is 0 Å². The van der Waals surface area contributed by atoms with E-state index in [0.29, 0.717) is 17.3 Å². The normalized spacial score (nSPS) is 17.8. The molecule has 2 N–H and O–H groups in total. The number of aromatic nitrogens is 2. The van der Waals surface area contributed by atoms with Crippen molar-refractivity contribution in [3.63, 3.8) is 0 Å². The van der Waals surface area contributed by atoms with Crippen LogP contribution in [0.2, 0.25) is 0 Å². The van der Waals surface area contributed by atoms with Gasteiger partial charge < -0.3 is 0 Å². The molecular weight excluding hydrogens is 238 g/mol. The van der Waals surface area contributed by atoms with Crippen LogP contribution in [0.15, 0.2) is 17.3 Å². The van der Waals surface area contributed by atoms with Crippen LogP contribution in [-0.4, -0.2) is 18.4 Å². The number of rotatable bonds is 3. The van der Waals surface area contributed by atoms with Crippen LogP contribution in [-0.2, 0) is 10.0 Å². The Morgan fingerprint density at radius 3 is 2.24 bits per heavy atom. The highest BCUT2D eigenvalue weighted by atomic mass is 32.2. The molecule has 1 fully saturated rings. The van der Waals surface area contributed by atoms with Crippen LogP contribution in [0.25, 0.3) is 5.57 Å². The molecule has 1 aromatic heterocycles. The summed E-state index contributed by atoms with van der Waals surface area (Å²) in [7, 11) is -3.66. The lowest BCUT2D eigenvalue weighted by Gasteiger charge is -2.05. The molecule has 92 valence electrons. The first-order chi connectivity index (χ1) is 7.89. The highest BCUT2D eigenvalue weighted by molar-refractivity contribution is 7.93. The third kappa shape index (κ3) is 2.70. The molecular formula is C11H15N3O2S. The lowest BCUT2D eigenvalue weighted by Crippen LogP contribution is -2.14.